The minimum absolute atomic E-state index is 0.0105. The maximum atomic E-state index is 11.4. The third-order valence-electron chi connectivity index (χ3n) is 6.74. The molecule has 26 heavy (non-hydrogen) atoms. The van der Waals surface area contributed by atoms with Crippen LogP contribution in [-0.2, 0) is 13.6 Å². The van der Waals surface area contributed by atoms with Crippen molar-refractivity contribution in [3.63, 3.8) is 0 Å². The monoisotopic (exact) mass is 402 g/mol. The molecule has 0 aromatic carbocycles. The summed E-state index contributed by atoms with van der Waals surface area (Å²) in [4.78, 5) is 11.4. The van der Waals surface area contributed by atoms with Crippen LogP contribution in [0.5, 0.6) is 0 Å². The molecule has 0 aliphatic carbocycles. The van der Waals surface area contributed by atoms with Crippen LogP contribution in [-0.4, -0.2) is 35.1 Å². The predicted molar refractivity (Wildman–Crippen MR) is 119 cm³/mol. The zero-order valence-electron chi connectivity index (χ0n) is 19.1. The Kier molecular flexibility index (Phi) is 12.5. The van der Waals surface area contributed by atoms with E-state index in [9.17, 15) is 4.79 Å². The van der Waals surface area contributed by atoms with Gasteiger partial charge in [-0.15, -0.1) is 0 Å². The van der Waals surface area contributed by atoms with E-state index < -0.39 is 16.6 Å². The first kappa shape index (κ1) is 26.0. The number of hydrogen-bond donors (Lipinski definition) is 0. The summed E-state index contributed by atoms with van der Waals surface area (Å²) in [6.45, 7) is 20.4. The molecule has 0 unspecified atom stereocenters. The highest BCUT2D eigenvalue weighted by Crippen LogP contribution is 2.34. The van der Waals surface area contributed by atoms with Crippen molar-refractivity contribution in [2.24, 2.45) is 11.8 Å². The van der Waals surface area contributed by atoms with Gasteiger partial charge in [-0.05, 0) is 42.2 Å². The van der Waals surface area contributed by atoms with Gasteiger partial charge in [0.05, 0.1) is 12.2 Å². The van der Waals surface area contributed by atoms with Crippen molar-refractivity contribution >= 4 is 22.9 Å². The minimum Gasteiger partial charge on any atom is -0.413 e. The second-order valence-electron chi connectivity index (χ2n) is 8.23. The summed E-state index contributed by atoms with van der Waals surface area (Å²) in [6, 6.07) is 6.83. The highest BCUT2D eigenvalue weighted by atomic mass is 28.4. The first-order valence-electron chi connectivity index (χ1n) is 11.0. The molecule has 0 N–H and O–H groups in total. The standard InChI is InChI=1S/C21H46O3Si2/c1-10-25(11-2,12-3)23-20(16-17-22)19(9)21(18(7)8)24-26(13-4,14-5)15-6/h17-21H,10-16H2,1-9H3/t19-,20+,21+/m0/s1. The molecule has 3 nitrogen and oxygen atoms in total. The molecule has 0 heterocycles. The normalized spacial score (nSPS) is 16.5. The molecule has 0 fully saturated rings. The molecule has 0 rings (SSSR count). The van der Waals surface area contributed by atoms with E-state index in [0.717, 1.165) is 42.6 Å². The Bertz CT molecular complexity index is 363. The smallest absolute Gasteiger partial charge is 0.192 e. The van der Waals surface area contributed by atoms with Gasteiger partial charge in [0.1, 0.15) is 6.29 Å². The quantitative estimate of drug-likeness (QED) is 0.227. The Morgan fingerprint density at radius 2 is 1.12 bits per heavy atom. The van der Waals surface area contributed by atoms with Gasteiger partial charge in [0.15, 0.2) is 16.6 Å². The van der Waals surface area contributed by atoms with Crippen LogP contribution in [0.3, 0.4) is 0 Å². The number of carbonyl (C=O) groups is 1. The third kappa shape index (κ3) is 6.88. The molecule has 5 heteroatoms. The van der Waals surface area contributed by atoms with E-state index in [2.05, 4.69) is 62.3 Å². The SMILES string of the molecule is CC[Si](CC)(CC)O[C@H](C(C)C)[C@@H](C)[C@@H](CC=O)O[Si](CC)(CC)CC. The van der Waals surface area contributed by atoms with E-state index >= 15 is 0 Å². The van der Waals surface area contributed by atoms with E-state index in [1.54, 1.807) is 0 Å². The zero-order valence-corrected chi connectivity index (χ0v) is 21.1. The molecule has 0 bridgehead atoms. The summed E-state index contributed by atoms with van der Waals surface area (Å²) in [5.74, 6) is 0.675. The molecule has 156 valence electrons. The van der Waals surface area contributed by atoms with Crippen molar-refractivity contribution in [2.75, 3.05) is 0 Å². The fraction of sp³-hybridized carbons (Fsp3) is 0.952. The van der Waals surface area contributed by atoms with Crippen molar-refractivity contribution in [3.8, 4) is 0 Å². The number of hydrogen-bond acceptors (Lipinski definition) is 3. The summed E-state index contributed by atoms with van der Waals surface area (Å²) >= 11 is 0. The van der Waals surface area contributed by atoms with Gasteiger partial charge in [-0.3, -0.25) is 0 Å². The fourth-order valence-electron chi connectivity index (χ4n) is 4.14. The Morgan fingerprint density at radius 3 is 1.42 bits per heavy atom. The van der Waals surface area contributed by atoms with Gasteiger partial charge in [-0.25, -0.2) is 0 Å². The van der Waals surface area contributed by atoms with E-state index in [1.165, 1.54) is 0 Å². The first-order valence-corrected chi connectivity index (χ1v) is 16.1. The van der Waals surface area contributed by atoms with E-state index in [0.29, 0.717) is 12.3 Å². The highest BCUT2D eigenvalue weighted by molar-refractivity contribution is 6.74. The number of carbonyl (C=O) groups excluding carboxylic acids is 1. The molecule has 0 saturated carbocycles. The molecule has 0 aliphatic rings. The molecular formula is C21H46O3Si2. The molecule has 0 aromatic heterocycles. The van der Waals surface area contributed by atoms with Crippen LogP contribution in [0.25, 0.3) is 0 Å². The second kappa shape index (κ2) is 12.5. The second-order valence-corrected chi connectivity index (χ2v) is 17.7. The van der Waals surface area contributed by atoms with Crippen LogP contribution in [0, 0.1) is 11.8 Å². The molecule has 0 spiro atoms. The Balaban J connectivity index is 5.59. The lowest BCUT2D eigenvalue weighted by atomic mass is 9.89. The molecule has 3 atom stereocenters. The van der Waals surface area contributed by atoms with Crippen LogP contribution in [0.2, 0.25) is 36.3 Å². The van der Waals surface area contributed by atoms with Gasteiger partial charge in [0, 0.05) is 12.3 Å². The Hall–Kier alpha value is 0.0238. The van der Waals surface area contributed by atoms with E-state index in [1.807, 2.05) is 0 Å². The lowest BCUT2D eigenvalue weighted by Gasteiger charge is -2.42. The predicted octanol–water partition coefficient (Wildman–Crippen LogP) is 6.65. The molecule has 0 radical (unpaired) electrons. The largest absolute Gasteiger partial charge is 0.413 e. The Morgan fingerprint density at radius 1 is 0.731 bits per heavy atom. The topological polar surface area (TPSA) is 35.5 Å². The first-order chi connectivity index (χ1) is 12.2. The zero-order chi connectivity index (χ0) is 20.4. The maximum absolute atomic E-state index is 11.4. The van der Waals surface area contributed by atoms with Crippen LogP contribution < -0.4 is 0 Å². The van der Waals surface area contributed by atoms with Crippen LogP contribution in [0.1, 0.15) is 68.7 Å². The molecule has 0 amide bonds. The summed E-state index contributed by atoms with van der Waals surface area (Å²) < 4.78 is 13.7. The number of aldehydes is 1. The fourth-order valence-corrected chi connectivity index (χ4v) is 10.2. The maximum Gasteiger partial charge on any atom is 0.192 e. The van der Waals surface area contributed by atoms with E-state index in [-0.39, 0.29) is 18.1 Å². The van der Waals surface area contributed by atoms with Crippen molar-refractivity contribution in [1.82, 2.24) is 0 Å². The molecule has 0 aromatic rings. The van der Waals surface area contributed by atoms with Crippen molar-refractivity contribution in [3.05, 3.63) is 0 Å². The van der Waals surface area contributed by atoms with Crippen molar-refractivity contribution in [1.29, 1.82) is 0 Å². The average Bonchev–Trinajstić information content (AvgIpc) is 2.66. The average molecular weight is 403 g/mol. The molecule has 0 aliphatic heterocycles. The van der Waals surface area contributed by atoms with Crippen LogP contribution >= 0.6 is 0 Å². The lowest BCUT2D eigenvalue weighted by Crippen LogP contribution is -2.49. The van der Waals surface area contributed by atoms with Gasteiger partial charge in [0.2, 0.25) is 0 Å². The van der Waals surface area contributed by atoms with Crippen molar-refractivity contribution in [2.45, 2.75) is 117 Å². The Labute approximate surface area is 165 Å². The number of rotatable bonds is 15. The van der Waals surface area contributed by atoms with Gasteiger partial charge in [-0.1, -0.05) is 62.3 Å². The molecular weight excluding hydrogens is 356 g/mol. The van der Waals surface area contributed by atoms with E-state index in [4.69, 9.17) is 8.85 Å². The minimum atomic E-state index is -1.75. The summed E-state index contributed by atoms with van der Waals surface area (Å²) in [7, 11) is -3.44. The molecule has 0 saturated heterocycles. The van der Waals surface area contributed by atoms with Gasteiger partial charge >= 0.3 is 0 Å². The van der Waals surface area contributed by atoms with Crippen LogP contribution in [0.4, 0.5) is 0 Å². The van der Waals surface area contributed by atoms with Gasteiger partial charge < -0.3 is 13.6 Å². The summed E-state index contributed by atoms with van der Waals surface area (Å²) in [5, 5.41) is 0. The highest BCUT2D eigenvalue weighted by Gasteiger charge is 2.40. The summed E-state index contributed by atoms with van der Waals surface area (Å²) in [6.07, 6.45) is 1.69. The van der Waals surface area contributed by atoms with Crippen LogP contribution in [0.15, 0.2) is 0 Å². The third-order valence-corrected chi connectivity index (χ3v) is 16.1. The van der Waals surface area contributed by atoms with Crippen molar-refractivity contribution < 1.29 is 13.6 Å². The summed E-state index contributed by atoms with van der Waals surface area (Å²) in [5.41, 5.74) is 0. The van der Waals surface area contributed by atoms with Gasteiger partial charge in [-0.2, -0.15) is 0 Å². The van der Waals surface area contributed by atoms with Gasteiger partial charge in [0.25, 0.3) is 0 Å². The lowest BCUT2D eigenvalue weighted by molar-refractivity contribution is -0.110.